The van der Waals surface area contributed by atoms with Crippen LogP contribution in [-0.2, 0) is 9.53 Å². The number of carbonyl (C=O) groups is 2. The van der Waals surface area contributed by atoms with Crippen LogP contribution in [-0.4, -0.2) is 48.7 Å². The van der Waals surface area contributed by atoms with E-state index in [-0.39, 0.29) is 23.1 Å². The maximum absolute atomic E-state index is 12.3. The lowest BCUT2D eigenvalue weighted by molar-refractivity contribution is -0.128. The monoisotopic (exact) mass is 388 g/mol. The SMILES string of the molecule is CCOC(=O)N1CCC(NC(=O)C(C)Oc2cccc(Cl)c2Cl)CC1. The van der Waals surface area contributed by atoms with Crippen LogP contribution in [0.1, 0.15) is 26.7 Å². The minimum Gasteiger partial charge on any atom is -0.479 e. The highest BCUT2D eigenvalue weighted by atomic mass is 35.5. The molecule has 1 unspecified atom stereocenters. The number of benzene rings is 1. The van der Waals surface area contributed by atoms with Crippen molar-refractivity contribution in [1.29, 1.82) is 0 Å². The number of amides is 2. The van der Waals surface area contributed by atoms with Crippen molar-refractivity contribution in [3.63, 3.8) is 0 Å². The van der Waals surface area contributed by atoms with Crippen molar-refractivity contribution in [1.82, 2.24) is 10.2 Å². The van der Waals surface area contributed by atoms with Crippen LogP contribution in [0.2, 0.25) is 10.0 Å². The van der Waals surface area contributed by atoms with Crippen LogP contribution in [0, 0.1) is 0 Å². The lowest BCUT2D eigenvalue weighted by atomic mass is 10.1. The number of halogens is 2. The minimum atomic E-state index is -0.709. The zero-order valence-electron chi connectivity index (χ0n) is 14.3. The van der Waals surface area contributed by atoms with Crippen LogP contribution in [0.25, 0.3) is 0 Å². The van der Waals surface area contributed by atoms with Gasteiger partial charge in [-0.15, -0.1) is 0 Å². The molecule has 138 valence electrons. The first-order valence-electron chi connectivity index (χ1n) is 8.25. The van der Waals surface area contributed by atoms with Gasteiger partial charge in [0.15, 0.2) is 6.10 Å². The summed E-state index contributed by atoms with van der Waals surface area (Å²) in [5, 5.41) is 3.60. The molecular formula is C17H22Cl2N2O4. The van der Waals surface area contributed by atoms with Gasteiger partial charge in [-0.3, -0.25) is 4.79 Å². The third kappa shape index (κ3) is 5.41. The molecule has 1 aliphatic rings. The van der Waals surface area contributed by atoms with Gasteiger partial charge in [0.25, 0.3) is 5.91 Å². The molecule has 1 aromatic rings. The van der Waals surface area contributed by atoms with Crippen LogP contribution in [0.15, 0.2) is 18.2 Å². The first-order chi connectivity index (χ1) is 11.9. The standard InChI is InChI=1S/C17H22Cl2N2O4/c1-3-24-17(23)21-9-7-12(8-10-21)20-16(22)11(2)25-14-6-4-5-13(18)15(14)19/h4-6,11-12H,3,7-10H2,1-2H3,(H,20,22). The molecule has 0 radical (unpaired) electrons. The van der Waals surface area contributed by atoms with Crippen molar-refractivity contribution < 1.29 is 19.1 Å². The number of piperidine rings is 1. The lowest BCUT2D eigenvalue weighted by Crippen LogP contribution is -2.49. The predicted octanol–water partition coefficient (Wildman–Crippen LogP) is 3.50. The largest absolute Gasteiger partial charge is 0.479 e. The average molecular weight is 389 g/mol. The van der Waals surface area contributed by atoms with Crippen LogP contribution in [0.5, 0.6) is 5.75 Å². The number of hydrogen-bond donors (Lipinski definition) is 1. The van der Waals surface area contributed by atoms with Crippen LogP contribution in [0.3, 0.4) is 0 Å². The van der Waals surface area contributed by atoms with Crippen LogP contribution < -0.4 is 10.1 Å². The van der Waals surface area contributed by atoms with Gasteiger partial charge in [0.2, 0.25) is 0 Å². The minimum absolute atomic E-state index is 0.000871. The molecule has 1 aromatic carbocycles. The van der Waals surface area contributed by atoms with Gasteiger partial charge in [-0.2, -0.15) is 0 Å². The van der Waals surface area contributed by atoms with Crippen molar-refractivity contribution in [3.05, 3.63) is 28.2 Å². The zero-order chi connectivity index (χ0) is 18.4. The summed E-state index contributed by atoms with van der Waals surface area (Å²) in [6.07, 6.45) is 0.336. The van der Waals surface area contributed by atoms with Gasteiger partial charge in [0.05, 0.1) is 11.6 Å². The highest BCUT2D eigenvalue weighted by Crippen LogP contribution is 2.32. The zero-order valence-corrected chi connectivity index (χ0v) is 15.8. The van der Waals surface area contributed by atoms with Gasteiger partial charge in [-0.25, -0.2) is 4.79 Å². The van der Waals surface area contributed by atoms with Gasteiger partial charge >= 0.3 is 6.09 Å². The number of nitrogens with zero attached hydrogens (tertiary/aromatic N) is 1. The maximum Gasteiger partial charge on any atom is 0.409 e. The molecule has 6 nitrogen and oxygen atoms in total. The Hall–Kier alpha value is -1.66. The molecule has 1 aliphatic heterocycles. The molecule has 1 N–H and O–H groups in total. The summed E-state index contributed by atoms with van der Waals surface area (Å²) < 4.78 is 10.6. The van der Waals surface area contributed by atoms with E-state index in [2.05, 4.69) is 5.32 Å². The smallest absolute Gasteiger partial charge is 0.409 e. The molecule has 8 heteroatoms. The highest BCUT2D eigenvalue weighted by Gasteiger charge is 2.26. The van der Waals surface area contributed by atoms with E-state index in [9.17, 15) is 9.59 Å². The summed E-state index contributed by atoms with van der Waals surface area (Å²) in [6, 6.07) is 5.02. The van der Waals surface area contributed by atoms with Gasteiger partial charge in [-0.05, 0) is 38.8 Å². The first-order valence-corrected chi connectivity index (χ1v) is 9.00. The molecule has 1 fully saturated rings. The second-order valence-electron chi connectivity index (χ2n) is 5.78. The summed E-state index contributed by atoms with van der Waals surface area (Å²) in [5.41, 5.74) is 0. The van der Waals surface area contributed by atoms with Crippen molar-refractivity contribution in [2.45, 2.75) is 38.8 Å². The van der Waals surface area contributed by atoms with Gasteiger partial charge in [0, 0.05) is 19.1 Å². The molecule has 0 saturated carbocycles. The third-order valence-corrected chi connectivity index (χ3v) is 4.76. The number of nitrogens with one attached hydrogen (secondary N) is 1. The Kier molecular flexibility index (Phi) is 7.20. The fraction of sp³-hybridized carbons (Fsp3) is 0.529. The van der Waals surface area contributed by atoms with Crippen molar-refractivity contribution in [2.24, 2.45) is 0 Å². The predicted molar refractivity (Wildman–Crippen MR) is 96.3 cm³/mol. The molecule has 25 heavy (non-hydrogen) atoms. The van der Waals surface area contributed by atoms with E-state index in [1.165, 1.54) is 0 Å². The Balaban J connectivity index is 1.82. The van der Waals surface area contributed by atoms with E-state index in [0.717, 1.165) is 0 Å². The van der Waals surface area contributed by atoms with Gasteiger partial charge < -0.3 is 19.7 Å². The fourth-order valence-corrected chi connectivity index (χ4v) is 2.90. The Morgan fingerprint density at radius 1 is 1.32 bits per heavy atom. The number of hydrogen-bond acceptors (Lipinski definition) is 4. The maximum atomic E-state index is 12.3. The van der Waals surface area contributed by atoms with Gasteiger partial charge in [0.1, 0.15) is 10.8 Å². The molecule has 2 amide bonds. The fourth-order valence-electron chi connectivity index (χ4n) is 2.56. The number of rotatable bonds is 5. The van der Waals surface area contributed by atoms with Crippen molar-refractivity contribution in [3.8, 4) is 5.75 Å². The number of ether oxygens (including phenoxy) is 2. The Morgan fingerprint density at radius 3 is 2.64 bits per heavy atom. The first kappa shape index (κ1) is 19.7. The van der Waals surface area contributed by atoms with E-state index in [1.807, 2.05) is 0 Å². The molecule has 0 bridgehead atoms. The Bertz CT molecular complexity index is 619. The second kappa shape index (κ2) is 9.15. The van der Waals surface area contributed by atoms with Crippen molar-refractivity contribution >= 4 is 35.2 Å². The van der Waals surface area contributed by atoms with E-state index in [1.54, 1.807) is 36.9 Å². The summed E-state index contributed by atoms with van der Waals surface area (Å²) in [6.45, 7) is 4.90. The van der Waals surface area contributed by atoms with Crippen molar-refractivity contribution in [2.75, 3.05) is 19.7 Å². The Morgan fingerprint density at radius 2 is 2.00 bits per heavy atom. The third-order valence-electron chi connectivity index (χ3n) is 3.96. The molecule has 2 rings (SSSR count). The summed E-state index contributed by atoms with van der Waals surface area (Å²) in [7, 11) is 0. The van der Waals surface area contributed by atoms with Gasteiger partial charge in [-0.1, -0.05) is 29.3 Å². The average Bonchev–Trinajstić information content (AvgIpc) is 2.59. The molecular weight excluding hydrogens is 367 g/mol. The Labute approximate surface area is 157 Å². The number of carbonyl (C=O) groups excluding carboxylic acids is 2. The molecule has 1 saturated heterocycles. The van der Waals surface area contributed by atoms with E-state index in [4.69, 9.17) is 32.7 Å². The molecule has 1 atom stereocenters. The normalized spacial score (nSPS) is 16.2. The van der Waals surface area contributed by atoms with E-state index >= 15 is 0 Å². The molecule has 0 spiro atoms. The van der Waals surface area contributed by atoms with E-state index in [0.29, 0.717) is 43.3 Å². The summed E-state index contributed by atoms with van der Waals surface area (Å²) in [5.74, 6) is 0.138. The topological polar surface area (TPSA) is 67.9 Å². The summed E-state index contributed by atoms with van der Waals surface area (Å²) in [4.78, 5) is 25.6. The lowest BCUT2D eigenvalue weighted by Gasteiger charge is -2.32. The molecule has 0 aromatic heterocycles. The second-order valence-corrected chi connectivity index (χ2v) is 6.57. The number of likely N-dealkylation sites (tertiary alicyclic amines) is 1. The quantitative estimate of drug-likeness (QED) is 0.837. The van der Waals surface area contributed by atoms with Crippen LogP contribution in [0.4, 0.5) is 4.79 Å². The highest BCUT2D eigenvalue weighted by molar-refractivity contribution is 6.42. The molecule has 0 aliphatic carbocycles. The summed E-state index contributed by atoms with van der Waals surface area (Å²) >= 11 is 12.0. The molecule has 1 heterocycles. The van der Waals surface area contributed by atoms with E-state index < -0.39 is 6.10 Å². The van der Waals surface area contributed by atoms with Crippen LogP contribution >= 0.6 is 23.2 Å².